The molecular weight excluding hydrogens is 729 g/mol. The molecule has 0 spiro atoms. The highest BCUT2D eigenvalue weighted by Crippen LogP contribution is 2.49. The normalized spacial score (nSPS) is 12.0. The second kappa shape index (κ2) is 12.7. The maximum absolute atomic E-state index is 5.45. The van der Waals surface area contributed by atoms with Gasteiger partial charge in [0.05, 0.1) is 33.5 Å². The fourth-order valence-corrected chi connectivity index (χ4v) is 10.0. The summed E-state index contributed by atoms with van der Waals surface area (Å²) in [5.74, 6) is 0.630. The van der Waals surface area contributed by atoms with Crippen LogP contribution in [0.15, 0.2) is 206 Å². The number of para-hydroxylation sites is 2. The smallest absolute Gasteiger partial charge is 0.235 e. The minimum Gasteiger partial charge on any atom is -0.306 e. The first kappa shape index (κ1) is 32.9. The van der Waals surface area contributed by atoms with E-state index in [0.717, 1.165) is 55.5 Å². The molecule has 0 saturated carbocycles. The molecule has 13 rings (SSSR count). The topological polar surface area (TPSA) is 35.6 Å². The summed E-state index contributed by atoms with van der Waals surface area (Å²) in [7, 11) is 0. The molecule has 0 saturated heterocycles. The van der Waals surface area contributed by atoms with Gasteiger partial charge in [0.15, 0.2) is 0 Å². The Hall–Kier alpha value is -8.08. The van der Waals surface area contributed by atoms with Crippen molar-refractivity contribution in [3.05, 3.63) is 206 Å². The van der Waals surface area contributed by atoms with E-state index in [9.17, 15) is 0 Å². The van der Waals surface area contributed by atoms with Gasteiger partial charge in [0, 0.05) is 49.1 Å². The third-order valence-electron chi connectivity index (χ3n) is 12.5. The fourth-order valence-electron chi connectivity index (χ4n) is 10.0. The first-order chi connectivity index (χ1) is 29.8. The molecule has 0 radical (unpaired) electrons. The lowest BCUT2D eigenvalue weighted by Gasteiger charge is -2.17. The van der Waals surface area contributed by atoms with Gasteiger partial charge in [0.1, 0.15) is 0 Å². The molecule has 0 aliphatic carbocycles. The van der Waals surface area contributed by atoms with Gasteiger partial charge < -0.3 is 4.57 Å². The zero-order valence-electron chi connectivity index (χ0n) is 32.4. The molecule has 0 aliphatic rings. The van der Waals surface area contributed by atoms with Crippen LogP contribution < -0.4 is 0 Å². The van der Waals surface area contributed by atoms with Crippen LogP contribution in [-0.2, 0) is 0 Å². The molecule has 3 aromatic heterocycles. The van der Waals surface area contributed by atoms with Crippen molar-refractivity contribution in [3.63, 3.8) is 0 Å². The number of benzene rings is 10. The summed E-state index contributed by atoms with van der Waals surface area (Å²) in [5.41, 5.74) is 9.36. The number of hydrogen-bond donors (Lipinski definition) is 0. The van der Waals surface area contributed by atoms with Crippen LogP contribution in [0.3, 0.4) is 0 Å². The van der Waals surface area contributed by atoms with E-state index in [4.69, 9.17) is 9.97 Å². The summed E-state index contributed by atoms with van der Waals surface area (Å²) in [6.07, 6.45) is 0. The van der Waals surface area contributed by atoms with Crippen LogP contribution in [0.5, 0.6) is 0 Å². The Morgan fingerprint density at radius 1 is 0.283 bits per heavy atom. The van der Waals surface area contributed by atoms with E-state index in [-0.39, 0.29) is 0 Å². The number of aromatic nitrogens is 4. The van der Waals surface area contributed by atoms with Crippen molar-refractivity contribution in [2.75, 3.05) is 0 Å². The maximum Gasteiger partial charge on any atom is 0.235 e. The molecule has 0 bridgehead atoms. The van der Waals surface area contributed by atoms with E-state index in [1.54, 1.807) is 0 Å². The minimum atomic E-state index is 0.630. The number of fused-ring (bicyclic) bond motifs is 17. The average molecular weight is 763 g/mol. The molecule has 0 amide bonds. The second-order valence-electron chi connectivity index (χ2n) is 15.7. The van der Waals surface area contributed by atoms with Gasteiger partial charge in [-0.3, -0.25) is 4.57 Å². The second-order valence-corrected chi connectivity index (χ2v) is 15.7. The van der Waals surface area contributed by atoms with Crippen molar-refractivity contribution < 1.29 is 0 Å². The van der Waals surface area contributed by atoms with Crippen molar-refractivity contribution in [2.45, 2.75) is 0 Å². The van der Waals surface area contributed by atoms with Crippen molar-refractivity contribution in [3.8, 4) is 34.2 Å². The highest BCUT2D eigenvalue weighted by atomic mass is 15.2. The summed E-state index contributed by atoms with van der Waals surface area (Å²) in [6.45, 7) is 0. The standard InChI is InChI=1S/C56H34N4/c1-4-18-35(19-5-1)47-34-48(36-20-6-2-7-21-36)58-56(57-47)60-49-31-17-16-26-40(49)45-32-33-46-51-44-30-15-14-29-43(44)50-41-27-12-10-24-38(41)39-25-11-13-28-42(39)52(50)55(51)59(54(46)53(45)60)37-22-8-3-9-23-37/h1-34H. The van der Waals surface area contributed by atoms with Crippen LogP contribution in [0, 0.1) is 0 Å². The lowest BCUT2D eigenvalue weighted by molar-refractivity contribution is 0.995. The summed E-state index contributed by atoms with van der Waals surface area (Å²) in [5, 5.41) is 14.7. The van der Waals surface area contributed by atoms with E-state index in [2.05, 4.69) is 215 Å². The van der Waals surface area contributed by atoms with Crippen LogP contribution in [-0.4, -0.2) is 19.1 Å². The number of nitrogens with zero attached hydrogens (tertiary/aromatic N) is 4. The van der Waals surface area contributed by atoms with Gasteiger partial charge in [-0.2, -0.15) is 0 Å². The molecule has 4 heteroatoms. The van der Waals surface area contributed by atoms with Crippen LogP contribution in [0.1, 0.15) is 0 Å². The first-order valence-corrected chi connectivity index (χ1v) is 20.5. The van der Waals surface area contributed by atoms with E-state index in [0.29, 0.717) is 5.95 Å². The van der Waals surface area contributed by atoms with Gasteiger partial charge in [-0.25, -0.2) is 9.97 Å². The highest BCUT2D eigenvalue weighted by molar-refractivity contribution is 6.43. The summed E-state index contributed by atoms with van der Waals surface area (Å²) >= 11 is 0. The van der Waals surface area contributed by atoms with Crippen LogP contribution >= 0.6 is 0 Å². The van der Waals surface area contributed by atoms with Crippen molar-refractivity contribution in [2.24, 2.45) is 0 Å². The van der Waals surface area contributed by atoms with Crippen molar-refractivity contribution in [1.29, 1.82) is 0 Å². The van der Waals surface area contributed by atoms with Crippen LogP contribution in [0.2, 0.25) is 0 Å². The average Bonchev–Trinajstić information content (AvgIpc) is 3.86. The number of hydrogen-bond acceptors (Lipinski definition) is 2. The predicted molar refractivity (Wildman–Crippen MR) is 252 cm³/mol. The van der Waals surface area contributed by atoms with Crippen LogP contribution in [0.4, 0.5) is 0 Å². The van der Waals surface area contributed by atoms with Crippen molar-refractivity contribution >= 4 is 86.7 Å². The van der Waals surface area contributed by atoms with E-state index in [1.807, 2.05) is 0 Å². The maximum atomic E-state index is 5.45. The molecule has 13 aromatic rings. The number of rotatable bonds is 4. The zero-order valence-corrected chi connectivity index (χ0v) is 32.4. The first-order valence-electron chi connectivity index (χ1n) is 20.5. The lowest BCUT2D eigenvalue weighted by atomic mass is 9.89. The molecule has 4 nitrogen and oxygen atoms in total. The summed E-state index contributed by atoms with van der Waals surface area (Å²) < 4.78 is 4.86. The Morgan fingerprint density at radius 2 is 0.717 bits per heavy atom. The molecule has 60 heavy (non-hydrogen) atoms. The van der Waals surface area contributed by atoms with Gasteiger partial charge >= 0.3 is 0 Å². The monoisotopic (exact) mass is 762 g/mol. The molecule has 0 unspecified atom stereocenters. The molecule has 278 valence electrons. The lowest BCUT2D eigenvalue weighted by Crippen LogP contribution is -2.05. The largest absolute Gasteiger partial charge is 0.306 e. The van der Waals surface area contributed by atoms with E-state index < -0.39 is 0 Å². The Kier molecular flexibility index (Phi) is 6.98. The molecule has 0 aliphatic heterocycles. The minimum absolute atomic E-state index is 0.630. The van der Waals surface area contributed by atoms with Gasteiger partial charge in [0.25, 0.3) is 0 Å². The zero-order chi connectivity index (χ0) is 39.3. The van der Waals surface area contributed by atoms with E-state index >= 15 is 0 Å². The molecule has 0 N–H and O–H groups in total. The molecule has 3 heterocycles. The fraction of sp³-hybridized carbons (Fsp3) is 0. The predicted octanol–water partition coefficient (Wildman–Crippen LogP) is 14.6. The molecule has 0 atom stereocenters. The van der Waals surface area contributed by atoms with E-state index in [1.165, 1.54) is 59.4 Å². The molecular formula is C56H34N4. The van der Waals surface area contributed by atoms with Crippen molar-refractivity contribution in [1.82, 2.24) is 19.1 Å². The summed E-state index contributed by atoms with van der Waals surface area (Å²) in [4.78, 5) is 10.9. The highest BCUT2D eigenvalue weighted by Gasteiger charge is 2.27. The third kappa shape index (κ3) is 4.61. The quantitative estimate of drug-likeness (QED) is 0.167. The Labute approximate surface area is 344 Å². The van der Waals surface area contributed by atoms with Gasteiger partial charge in [-0.05, 0) is 56.6 Å². The van der Waals surface area contributed by atoms with Crippen LogP contribution in [0.25, 0.3) is 121 Å². The molecule has 0 fully saturated rings. The summed E-state index contributed by atoms with van der Waals surface area (Å²) in [6, 6.07) is 74.2. The Morgan fingerprint density at radius 3 is 1.32 bits per heavy atom. The Balaban J connectivity index is 1.31. The third-order valence-corrected chi connectivity index (χ3v) is 12.5. The van der Waals surface area contributed by atoms with Gasteiger partial charge in [0.2, 0.25) is 5.95 Å². The van der Waals surface area contributed by atoms with Gasteiger partial charge in [-0.1, -0.05) is 182 Å². The molecule has 10 aromatic carbocycles. The SMILES string of the molecule is c1ccc(-c2cc(-c3ccccc3)nc(-n3c4ccccc4c4ccc5c6c7ccccc7c7c8ccccc8c8ccccc8c7c6n(-c6ccccc6)c5c43)n2)cc1. The van der Waals surface area contributed by atoms with Gasteiger partial charge in [-0.15, -0.1) is 0 Å². The Bertz CT molecular complexity index is 3810.